The van der Waals surface area contributed by atoms with E-state index in [0.717, 1.165) is 56.9 Å². The molecule has 5 rings (SSSR count). The molecule has 4 saturated carbocycles. The van der Waals surface area contributed by atoms with Gasteiger partial charge in [-0.25, -0.2) is 0 Å². The smallest absolute Gasteiger partial charge is 0.312 e. The standard InChI is InChI=1S/C41H65NO7/c1-25(2)32-27(43)23-41(21-22-42(46)47)20-19-39(11)26(33(32)41)13-14-29-38(10)17-16-30(37(8,9)28(38)15-18-40(29,39)12)48-31(44)24-36(6,7)34(45)49-35(3,4)5/h25-26,28-30H,13-24H2,1-12H3/t26-,28+,29-,30+,38+,39-,40-,41-/m1/s1. The van der Waals surface area contributed by atoms with Crippen LogP contribution < -0.4 is 0 Å². The van der Waals surface area contributed by atoms with E-state index in [2.05, 4.69) is 48.5 Å². The van der Waals surface area contributed by atoms with Gasteiger partial charge in [-0.15, -0.1) is 0 Å². The van der Waals surface area contributed by atoms with Crippen molar-refractivity contribution < 1.29 is 28.8 Å². The molecule has 5 aliphatic carbocycles. The van der Waals surface area contributed by atoms with Gasteiger partial charge < -0.3 is 9.47 Å². The van der Waals surface area contributed by atoms with E-state index in [1.165, 1.54) is 5.57 Å². The van der Waals surface area contributed by atoms with E-state index in [4.69, 9.17) is 9.47 Å². The molecule has 0 aromatic rings. The normalized spacial score (nSPS) is 38.7. The molecule has 49 heavy (non-hydrogen) atoms. The van der Waals surface area contributed by atoms with Crippen LogP contribution >= 0.6 is 0 Å². The summed E-state index contributed by atoms with van der Waals surface area (Å²) in [6.07, 6.45) is 8.57. The summed E-state index contributed by atoms with van der Waals surface area (Å²) in [5.41, 5.74) is 0.239. The highest BCUT2D eigenvalue weighted by Gasteiger charge is 2.70. The second-order valence-electron chi connectivity index (χ2n) is 20.2. The molecular formula is C41H65NO7. The van der Waals surface area contributed by atoms with E-state index >= 15 is 0 Å². The first-order chi connectivity index (χ1) is 22.3. The molecule has 0 spiro atoms. The average molecular weight is 684 g/mol. The molecule has 0 heterocycles. The van der Waals surface area contributed by atoms with Crippen molar-refractivity contribution >= 4 is 17.7 Å². The molecule has 0 radical (unpaired) electrons. The predicted octanol–water partition coefficient (Wildman–Crippen LogP) is 9.30. The van der Waals surface area contributed by atoms with Crippen LogP contribution in [0.2, 0.25) is 0 Å². The highest BCUT2D eigenvalue weighted by Crippen LogP contribution is 2.77. The first kappa shape index (κ1) is 38.0. The molecule has 8 atom stereocenters. The van der Waals surface area contributed by atoms with Crippen LogP contribution in [-0.4, -0.2) is 40.9 Å². The molecule has 0 unspecified atom stereocenters. The number of hydrogen-bond donors (Lipinski definition) is 0. The van der Waals surface area contributed by atoms with E-state index in [1.54, 1.807) is 13.8 Å². The molecule has 0 aromatic carbocycles. The number of rotatable bonds is 8. The first-order valence-corrected chi connectivity index (χ1v) is 19.2. The summed E-state index contributed by atoms with van der Waals surface area (Å²) < 4.78 is 11.9. The van der Waals surface area contributed by atoms with Gasteiger partial charge in [0.1, 0.15) is 11.7 Å². The van der Waals surface area contributed by atoms with Crippen molar-refractivity contribution in [3.8, 4) is 0 Å². The number of hydrogen-bond acceptors (Lipinski definition) is 7. The summed E-state index contributed by atoms with van der Waals surface area (Å²) in [6, 6.07) is 0. The Labute approximate surface area is 295 Å². The maximum Gasteiger partial charge on any atom is 0.312 e. The Kier molecular flexibility index (Phi) is 9.44. The fourth-order valence-electron chi connectivity index (χ4n) is 12.6. The number of ether oxygens (including phenoxy) is 2. The van der Waals surface area contributed by atoms with Crippen LogP contribution in [0, 0.1) is 66.3 Å². The van der Waals surface area contributed by atoms with Crippen molar-refractivity contribution in [3.05, 3.63) is 21.3 Å². The van der Waals surface area contributed by atoms with Gasteiger partial charge in [0.25, 0.3) is 0 Å². The van der Waals surface area contributed by atoms with Gasteiger partial charge in [0, 0.05) is 28.6 Å². The number of nitrogens with zero attached hydrogens (tertiary/aromatic N) is 1. The summed E-state index contributed by atoms with van der Waals surface area (Å²) >= 11 is 0. The van der Waals surface area contributed by atoms with Gasteiger partial charge in [0.05, 0.1) is 11.8 Å². The van der Waals surface area contributed by atoms with Crippen molar-refractivity contribution in [1.82, 2.24) is 0 Å². The van der Waals surface area contributed by atoms with Gasteiger partial charge in [0.15, 0.2) is 5.78 Å². The Balaban J connectivity index is 1.39. The zero-order chi connectivity index (χ0) is 36.8. The van der Waals surface area contributed by atoms with E-state index < -0.39 is 11.0 Å². The van der Waals surface area contributed by atoms with Crippen LogP contribution in [0.4, 0.5) is 0 Å². The lowest BCUT2D eigenvalue weighted by molar-refractivity contribution is -0.483. The second kappa shape index (κ2) is 12.2. The van der Waals surface area contributed by atoms with E-state index in [-0.39, 0.29) is 80.6 Å². The molecule has 0 saturated heterocycles. The monoisotopic (exact) mass is 683 g/mol. The van der Waals surface area contributed by atoms with Crippen LogP contribution in [0.1, 0.15) is 154 Å². The molecule has 276 valence electrons. The summed E-state index contributed by atoms with van der Waals surface area (Å²) in [7, 11) is 0. The largest absolute Gasteiger partial charge is 0.462 e. The van der Waals surface area contributed by atoms with E-state index in [9.17, 15) is 24.5 Å². The fraction of sp³-hybridized carbons (Fsp3) is 0.878. The Morgan fingerprint density at radius 1 is 0.898 bits per heavy atom. The maximum atomic E-state index is 13.7. The molecule has 0 aliphatic heterocycles. The van der Waals surface area contributed by atoms with E-state index in [0.29, 0.717) is 24.7 Å². The van der Waals surface area contributed by atoms with Crippen molar-refractivity contribution in [2.24, 2.45) is 56.2 Å². The zero-order valence-corrected chi connectivity index (χ0v) is 32.7. The Morgan fingerprint density at radius 2 is 1.55 bits per heavy atom. The second-order valence-corrected chi connectivity index (χ2v) is 20.2. The van der Waals surface area contributed by atoms with Gasteiger partial charge in [0.2, 0.25) is 6.54 Å². The lowest BCUT2D eigenvalue weighted by atomic mass is 9.33. The molecule has 0 N–H and O–H groups in total. The number of carbonyl (C=O) groups excluding carboxylic acids is 3. The Bertz CT molecular complexity index is 1420. The number of esters is 2. The molecule has 4 fully saturated rings. The Hall–Kier alpha value is -2.25. The van der Waals surface area contributed by atoms with Crippen LogP contribution in [0.25, 0.3) is 0 Å². The summed E-state index contributed by atoms with van der Waals surface area (Å²) in [5, 5.41) is 11.6. The fourth-order valence-corrected chi connectivity index (χ4v) is 12.6. The topological polar surface area (TPSA) is 113 Å². The maximum absolute atomic E-state index is 13.7. The molecule has 0 aromatic heterocycles. The highest BCUT2D eigenvalue weighted by atomic mass is 16.6. The van der Waals surface area contributed by atoms with Crippen LogP contribution in [0.5, 0.6) is 0 Å². The summed E-state index contributed by atoms with van der Waals surface area (Å²) in [5.74, 6) is 0.767. The van der Waals surface area contributed by atoms with Gasteiger partial charge in [-0.05, 0) is 131 Å². The third-order valence-electron chi connectivity index (χ3n) is 15.1. The zero-order valence-electron chi connectivity index (χ0n) is 32.7. The van der Waals surface area contributed by atoms with Crippen molar-refractivity contribution in [1.29, 1.82) is 0 Å². The molecule has 8 nitrogen and oxygen atoms in total. The number of fused-ring (bicyclic) bond motifs is 7. The van der Waals surface area contributed by atoms with Gasteiger partial charge in [-0.2, -0.15) is 0 Å². The quantitative estimate of drug-likeness (QED) is 0.142. The predicted molar refractivity (Wildman–Crippen MR) is 190 cm³/mol. The third kappa shape index (κ3) is 6.11. The number of nitro groups is 1. The number of carbonyl (C=O) groups is 3. The van der Waals surface area contributed by atoms with Gasteiger partial charge in [-0.3, -0.25) is 24.5 Å². The first-order valence-electron chi connectivity index (χ1n) is 19.2. The third-order valence-corrected chi connectivity index (χ3v) is 15.1. The summed E-state index contributed by atoms with van der Waals surface area (Å²) in [6.45, 7) is 25.3. The van der Waals surface area contributed by atoms with Gasteiger partial charge >= 0.3 is 11.9 Å². The lowest BCUT2D eigenvalue weighted by Gasteiger charge is -2.72. The van der Waals surface area contributed by atoms with Gasteiger partial charge in [-0.1, -0.05) is 54.0 Å². The number of allylic oxidation sites excluding steroid dienone is 2. The molecule has 8 heteroatoms. The van der Waals surface area contributed by atoms with Crippen LogP contribution in [0.3, 0.4) is 0 Å². The molecule has 0 amide bonds. The highest BCUT2D eigenvalue weighted by molar-refractivity contribution is 6.00. The molecule has 0 bridgehead atoms. The lowest BCUT2D eigenvalue weighted by Crippen LogP contribution is -2.65. The number of Topliss-reactive ketones (excluding diaryl/α,β-unsaturated/α-hetero) is 1. The Morgan fingerprint density at radius 3 is 2.14 bits per heavy atom. The SMILES string of the molecule is CC(C)C1=C2[C@H]3CC[C@@H]4[C@@]5(C)CC[C@H](OC(=O)CC(C)(C)C(=O)OC(C)(C)C)C(C)(C)[C@@H]5CC[C@@]4(C)[C@]3(C)CC[C@@]2(CC[N+](=O)[O-])CC1=O. The van der Waals surface area contributed by atoms with Crippen molar-refractivity contribution in [3.63, 3.8) is 0 Å². The minimum atomic E-state index is -0.978. The van der Waals surface area contributed by atoms with Crippen LogP contribution in [-0.2, 0) is 23.9 Å². The molecular weight excluding hydrogens is 618 g/mol. The van der Waals surface area contributed by atoms with Crippen molar-refractivity contribution in [2.75, 3.05) is 6.54 Å². The summed E-state index contributed by atoms with van der Waals surface area (Å²) in [4.78, 5) is 51.4. The molecule has 5 aliphatic rings. The minimum absolute atomic E-state index is 0.00279. The van der Waals surface area contributed by atoms with Crippen LogP contribution in [0.15, 0.2) is 11.1 Å². The number of ketones is 1. The minimum Gasteiger partial charge on any atom is -0.462 e. The van der Waals surface area contributed by atoms with E-state index in [1.807, 2.05) is 20.8 Å². The average Bonchev–Trinajstić information content (AvgIpc) is 3.25. The van der Waals surface area contributed by atoms with Crippen molar-refractivity contribution in [2.45, 2.75) is 165 Å².